The lowest BCUT2D eigenvalue weighted by atomic mass is 10.2. The van der Waals surface area contributed by atoms with Gasteiger partial charge in [-0.1, -0.05) is 6.92 Å². The minimum absolute atomic E-state index is 0.0438. The third-order valence-electron chi connectivity index (χ3n) is 3.45. The molecule has 1 aliphatic heterocycles. The molecule has 0 amide bonds. The highest BCUT2D eigenvalue weighted by Gasteiger charge is 2.27. The average Bonchev–Trinajstić information content (AvgIpc) is 2.81. The summed E-state index contributed by atoms with van der Waals surface area (Å²) in [6.45, 7) is 4.68. The summed E-state index contributed by atoms with van der Waals surface area (Å²) in [4.78, 5) is 18.8. The lowest BCUT2D eigenvalue weighted by Crippen LogP contribution is -2.41. The zero-order chi connectivity index (χ0) is 13.0. The van der Waals surface area contributed by atoms with Gasteiger partial charge in [0.1, 0.15) is 0 Å². The van der Waals surface area contributed by atoms with Crippen LogP contribution < -0.4 is 15.8 Å². The van der Waals surface area contributed by atoms with E-state index in [1.165, 1.54) is 0 Å². The predicted octanol–water partition coefficient (Wildman–Crippen LogP) is 0.841. The largest absolute Gasteiger partial charge is 0.348 e. The molecule has 1 saturated heterocycles. The maximum absolute atomic E-state index is 12.3. The van der Waals surface area contributed by atoms with Crippen LogP contribution in [-0.2, 0) is 6.54 Å². The molecular weight excluding hydrogens is 228 g/mol. The Labute approximate surface area is 108 Å². The van der Waals surface area contributed by atoms with Crippen molar-refractivity contribution in [3.05, 3.63) is 22.7 Å². The number of nitrogens with zero attached hydrogens (tertiary/aromatic N) is 3. The van der Waals surface area contributed by atoms with E-state index in [-0.39, 0.29) is 5.56 Å². The van der Waals surface area contributed by atoms with Crippen molar-refractivity contribution in [2.75, 3.05) is 25.0 Å². The second kappa shape index (κ2) is 6.00. The Morgan fingerprint density at radius 2 is 2.39 bits per heavy atom. The molecule has 0 radical (unpaired) electrons. The second-order valence-electron chi connectivity index (χ2n) is 4.80. The van der Waals surface area contributed by atoms with Gasteiger partial charge in [-0.3, -0.25) is 4.79 Å². The molecule has 0 saturated carbocycles. The number of hydrogen-bond acceptors (Lipinski definition) is 4. The molecule has 2 rings (SSSR count). The van der Waals surface area contributed by atoms with Crippen LogP contribution in [-0.4, -0.2) is 35.7 Å². The fourth-order valence-electron chi connectivity index (χ4n) is 2.61. The highest BCUT2D eigenvalue weighted by Crippen LogP contribution is 2.20. The van der Waals surface area contributed by atoms with E-state index < -0.39 is 0 Å². The molecule has 2 heterocycles. The van der Waals surface area contributed by atoms with Gasteiger partial charge in [0, 0.05) is 38.1 Å². The van der Waals surface area contributed by atoms with E-state index in [1.807, 2.05) is 7.05 Å². The Morgan fingerprint density at radius 3 is 3.11 bits per heavy atom. The van der Waals surface area contributed by atoms with Gasteiger partial charge in [0.05, 0.1) is 0 Å². The average molecular weight is 250 g/mol. The number of anilines is 1. The monoisotopic (exact) mass is 250 g/mol. The SMILES string of the molecule is CCCn1ccnc(N2CCCC2CNC)c1=O. The number of likely N-dealkylation sites (N-methyl/N-ethyl adjacent to an activating group) is 1. The minimum atomic E-state index is 0.0438. The predicted molar refractivity (Wildman–Crippen MR) is 73.1 cm³/mol. The Balaban J connectivity index is 2.27. The third-order valence-corrected chi connectivity index (χ3v) is 3.45. The molecule has 0 aliphatic carbocycles. The topological polar surface area (TPSA) is 50.2 Å². The van der Waals surface area contributed by atoms with Crippen LogP contribution in [0.25, 0.3) is 0 Å². The molecule has 100 valence electrons. The number of nitrogens with one attached hydrogen (secondary N) is 1. The summed E-state index contributed by atoms with van der Waals surface area (Å²) < 4.78 is 1.76. The molecule has 18 heavy (non-hydrogen) atoms. The van der Waals surface area contributed by atoms with Crippen molar-refractivity contribution in [3.63, 3.8) is 0 Å². The van der Waals surface area contributed by atoms with Crippen LogP contribution >= 0.6 is 0 Å². The molecule has 1 unspecified atom stereocenters. The van der Waals surface area contributed by atoms with Crippen molar-refractivity contribution in [3.8, 4) is 0 Å². The maximum atomic E-state index is 12.3. The van der Waals surface area contributed by atoms with Gasteiger partial charge in [0.2, 0.25) is 0 Å². The van der Waals surface area contributed by atoms with Crippen molar-refractivity contribution in [1.82, 2.24) is 14.9 Å². The van der Waals surface area contributed by atoms with Crippen LogP contribution in [0.4, 0.5) is 5.82 Å². The van der Waals surface area contributed by atoms with E-state index in [0.717, 1.165) is 38.9 Å². The fourth-order valence-corrected chi connectivity index (χ4v) is 2.61. The molecule has 1 aliphatic rings. The van der Waals surface area contributed by atoms with Crippen molar-refractivity contribution in [2.24, 2.45) is 0 Å². The number of aromatic nitrogens is 2. The van der Waals surface area contributed by atoms with Crippen molar-refractivity contribution in [2.45, 2.75) is 38.8 Å². The van der Waals surface area contributed by atoms with Crippen LogP contribution in [0.2, 0.25) is 0 Å². The second-order valence-corrected chi connectivity index (χ2v) is 4.80. The third kappa shape index (κ3) is 2.56. The van der Waals surface area contributed by atoms with E-state index >= 15 is 0 Å². The molecule has 5 nitrogen and oxygen atoms in total. The first-order valence-corrected chi connectivity index (χ1v) is 6.74. The van der Waals surface area contributed by atoms with Crippen LogP contribution in [0, 0.1) is 0 Å². The Morgan fingerprint density at radius 1 is 1.56 bits per heavy atom. The summed E-state index contributed by atoms with van der Waals surface area (Å²) in [6.07, 6.45) is 6.74. The van der Waals surface area contributed by atoms with Gasteiger partial charge < -0.3 is 14.8 Å². The fraction of sp³-hybridized carbons (Fsp3) is 0.692. The molecule has 1 atom stereocenters. The van der Waals surface area contributed by atoms with E-state index in [0.29, 0.717) is 11.9 Å². The van der Waals surface area contributed by atoms with Crippen LogP contribution in [0.5, 0.6) is 0 Å². The summed E-state index contributed by atoms with van der Waals surface area (Å²) in [5.41, 5.74) is 0.0438. The minimum Gasteiger partial charge on any atom is -0.348 e. The Hall–Kier alpha value is -1.36. The van der Waals surface area contributed by atoms with E-state index in [2.05, 4.69) is 22.1 Å². The smallest absolute Gasteiger partial charge is 0.293 e. The number of rotatable bonds is 5. The molecule has 1 aromatic heterocycles. The highest BCUT2D eigenvalue weighted by atomic mass is 16.1. The standard InChI is InChI=1S/C13H22N4O/c1-3-7-16-9-6-15-12(13(16)18)17-8-4-5-11(17)10-14-2/h6,9,11,14H,3-5,7-8,10H2,1-2H3. The Kier molecular flexibility index (Phi) is 4.36. The number of aryl methyl sites for hydroxylation is 1. The van der Waals surface area contributed by atoms with Gasteiger partial charge in [-0.05, 0) is 26.3 Å². The lowest BCUT2D eigenvalue weighted by Gasteiger charge is -2.25. The summed E-state index contributed by atoms with van der Waals surface area (Å²) in [7, 11) is 1.95. The molecule has 1 fully saturated rings. The molecule has 5 heteroatoms. The van der Waals surface area contributed by atoms with Crippen LogP contribution in [0.15, 0.2) is 17.2 Å². The first kappa shape index (κ1) is 13.1. The molecule has 0 spiro atoms. The quantitative estimate of drug-likeness (QED) is 0.841. The molecular formula is C13H22N4O. The van der Waals surface area contributed by atoms with Crippen LogP contribution in [0.1, 0.15) is 26.2 Å². The summed E-state index contributed by atoms with van der Waals surface area (Å²) in [6, 6.07) is 0.396. The van der Waals surface area contributed by atoms with Gasteiger partial charge in [0.15, 0.2) is 5.82 Å². The first-order chi connectivity index (χ1) is 8.77. The number of hydrogen-bond donors (Lipinski definition) is 1. The van der Waals surface area contributed by atoms with E-state index in [4.69, 9.17) is 0 Å². The summed E-state index contributed by atoms with van der Waals surface area (Å²) in [5, 5.41) is 3.19. The van der Waals surface area contributed by atoms with Gasteiger partial charge in [-0.15, -0.1) is 0 Å². The van der Waals surface area contributed by atoms with Gasteiger partial charge in [-0.2, -0.15) is 0 Å². The molecule has 0 bridgehead atoms. The van der Waals surface area contributed by atoms with E-state index in [9.17, 15) is 4.79 Å². The highest BCUT2D eigenvalue weighted by molar-refractivity contribution is 5.38. The molecule has 1 aromatic rings. The van der Waals surface area contributed by atoms with Gasteiger partial charge in [-0.25, -0.2) is 4.98 Å². The summed E-state index contributed by atoms with van der Waals surface area (Å²) in [5.74, 6) is 0.615. The maximum Gasteiger partial charge on any atom is 0.293 e. The van der Waals surface area contributed by atoms with Gasteiger partial charge >= 0.3 is 0 Å². The van der Waals surface area contributed by atoms with Gasteiger partial charge in [0.25, 0.3) is 5.56 Å². The summed E-state index contributed by atoms with van der Waals surface area (Å²) >= 11 is 0. The van der Waals surface area contributed by atoms with Crippen molar-refractivity contribution in [1.29, 1.82) is 0 Å². The van der Waals surface area contributed by atoms with Crippen molar-refractivity contribution >= 4 is 5.82 Å². The van der Waals surface area contributed by atoms with Crippen molar-refractivity contribution < 1.29 is 0 Å². The zero-order valence-corrected chi connectivity index (χ0v) is 11.2. The first-order valence-electron chi connectivity index (χ1n) is 6.74. The lowest BCUT2D eigenvalue weighted by molar-refractivity contribution is 0.598. The Bertz CT molecular complexity index is 443. The van der Waals surface area contributed by atoms with Crippen LogP contribution in [0.3, 0.4) is 0 Å². The zero-order valence-electron chi connectivity index (χ0n) is 11.2. The normalized spacial score (nSPS) is 19.4. The molecule has 1 N–H and O–H groups in total. The van der Waals surface area contributed by atoms with E-state index in [1.54, 1.807) is 17.0 Å². The molecule has 0 aromatic carbocycles.